The molecule has 2 bridgehead atoms. The molecule has 8 nitrogen and oxygen atoms in total. The third-order valence-electron chi connectivity index (χ3n) is 5.75. The van der Waals surface area contributed by atoms with Gasteiger partial charge in [-0.05, 0) is 18.1 Å². The molecule has 4 atom stereocenters. The van der Waals surface area contributed by atoms with E-state index < -0.39 is 0 Å². The molecule has 138 valence electrons. The highest BCUT2D eigenvalue weighted by Gasteiger charge is 2.46. The summed E-state index contributed by atoms with van der Waals surface area (Å²) in [7, 11) is 0. The predicted molar refractivity (Wildman–Crippen MR) is 94.0 cm³/mol. The van der Waals surface area contributed by atoms with E-state index >= 15 is 0 Å². The van der Waals surface area contributed by atoms with Crippen LogP contribution in [-0.2, 0) is 17.9 Å². The normalized spacial score (nSPS) is 27.4. The highest BCUT2D eigenvalue weighted by Crippen LogP contribution is 2.29. The van der Waals surface area contributed by atoms with Crippen LogP contribution in [0.1, 0.15) is 18.5 Å². The number of amides is 1. The van der Waals surface area contributed by atoms with Gasteiger partial charge in [-0.3, -0.25) is 4.79 Å². The predicted octanol–water partition coefficient (Wildman–Crippen LogP) is -1.34. The third kappa shape index (κ3) is 3.42. The second kappa shape index (κ2) is 7.05. The van der Waals surface area contributed by atoms with Crippen LogP contribution in [0.3, 0.4) is 0 Å². The number of aromatic nitrogens is 3. The quantitative estimate of drug-likeness (QED) is 0.530. The van der Waals surface area contributed by atoms with Gasteiger partial charge >= 0.3 is 0 Å². The van der Waals surface area contributed by atoms with Gasteiger partial charge < -0.3 is 21.1 Å². The van der Waals surface area contributed by atoms with Crippen LogP contribution in [0, 0.1) is 11.8 Å². The van der Waals surface area contributed by atoms with Gasteiger partial charge in [-0.1, -0.05) is 11.3 Å². The smallest absolute Gasteiger partial charge is 0.233 e. The van der Waals surface area contributed by atoms with Gasteiger partial charge in [0, 0.05) is 24.6 Å². The van der Waals surface area contributed by atoms with Crippen LogP contribution >= 0.6 is 0 Å². The van der Waals surface area contributed by atoms with E-state index in [0.717, 1.165) is 38.2 Å². The fourth-order valence-electron chi connectivity index (χ4n) is 4.41. The number of hydrogen-bond acceptors (Lipinski definition) is 4. The molecule has 1 unspecified atom stereocenters. The lowest BCUT2D eigenvalue weighted by atomic mass is 9.75. The highest BCUT2D eigenvalue weighted by atomic mass is 16.3. The molecular weight excluding hydrogens is 332 g/mol. The maximum Gasteiger partial charge on any atom is 0.233 e. The second-order valence-corrected chi connectivity index (χ2v) is 7.42. The van der Waals surface area contributed by atoms with Crippen LogP contribution in [0.4, 0.5) is 5.69 Å². The van der Waals surface area contributed by atoms with Crippen molar-refractivity contribution < 1.29 is 20.5 Å². The fourth-order valence-corrected chi connectivity index (χ4v) is 4.41. The van der Waals surface area contributed by atoms with Crippen LogP contribution in [0.15, 0.2) is 30.5 Å². The van der Waals surface area contributed by atoms with Crippen LogP contribution in [-0.4, -0.2) is 45.1 Å². The van der Waals surface area contributed by atoms with Crippen molar-refractivity contribution >= 4 is 11.6 Å². The molecule has 3 saturated heterocycles. The number of fused-ring (bicyclic) bond motifs is 3. The maximum atomic E-state index is 12.7. The molecule has 4 heterocycles. The van der Waals surface area contributed by atoms with E-state index in [1.807, 2.05) is 10.9 Å². The van der Waals surface area contributed by atoms with Gasteiger partial charge in [0.25, 0.3) is 0 Å². The van der Waals surface area contributed by atoms with Crippen molar-refractivity contribution in [2.45, 2.75) is 32.0 Å². The zero-order valence-electron chi connectivity index (χ0n) is 14.8. The van der Waals surface area contributed by atoms with E-state index in [4.69, 9.17) is 0 Å². The summed E-state index contributed by atoms with van der Waals surface area (Å²) in [6, 6.07) is 7.21. The lowest BCUT2D eigenvalue weighted by Crippen LogP contribution is -3.20. The highest BCUT2D eigenvalue weighted by molar-refractivity contribution is 5.93. The summed E-state index contributed by atoms with van der Waals surface area (Å²) in [6.45, 7) is 3.47. The van der Waals surface area contributed by atoms with Gasteiger partial charge in [0.05, 0.1) is 31.7 Å². The monoisotopic (exact) mass is 358 g/mol. The molecule has 8 heteroatoms. The minimum absolute atomic E-state index is 0.0310. The average molecular weight is 358 g/mol. The Hall–Kier alpha value is -2.45. The van der Waals surface area contributed by atoms with Crippen molar-refractivity contribution in [2.75, 3.05) is 18.4 Å². The minimum atomic E-state index is 0.0310. The van der Waals surface area contributed by atoms with Crippen LogP contribution in [0.2, 0.25) is 0 Å². The van der Waals surface area contributed by atoms with E-state index in [0.29, 0.717) is 24.2 Å². The molecule has 3 aliphatic heterocycles. The first-order valence-corrected chi connectivity index (χ1v) is 9.25. The van der Waals surface area contributed by atoms with Crippen molar-refractivity contribution in [3.05, 3.63) is 36.2 Å². The van der Waals surface area contributed by atoms with Gasteiger partial charge in [0.15, 0.2) is 0 Å². The summed E-state index contributed by atoms with van der Waals surface area (Å²) in [4.78, 5) is 14.2. The molecule has 3 aliphatic rings. The number of piperidine rings is 3. The number of carbonyl (C=O) groups excluding carboxylic acids is 1. The van der Waals surface area contributed by atoms with Gasteiger partial charge in [0.1, 0.15) is 24.0 Å². The number of hydrogen-bond donors (Lipinski definition) is 4. The van der Waals surface area contributed by atoms with E-state index in [-0.39, 0.29) is 17.6 Å². The van der Waals surface area contributed by atoms with Crippen molar-refractivity contribution in [1.82, 2.24) is 15.0 Å². The Labute approximate surface area is 152 Å². The molecule has 0 aliphatic carbocycles. The molecule has 5 rings (SSSR count). The molecule has 6 N–H and O–H groups in total. The van der Waals surface area contributed by atoms with Gasteiger partial charge in [-0.25, -0.2) is 4.68 Å². The molecule has 0 spiro atoms. The second-order valence-electron chi connectivity index (χ2n) is 7.42. The minimum Gasteiger partial charge on any atom is -0.508 e. The van der Waals surface area contributed by atoms with Crippen LogP contribution in [0.25, 0.3) is 0 Å². The number of anilines is 1. The van der Waals surface area contributed by atoms with E-state index in [1.54, 1.807) is 24.3 Å². The first-order valence-electron chi connectivity index (χ1n) is 9.25. The molecule has 3 fully saturated rings. The van der Waals surface area contributed by atoms with Crippen LogP contribution in [0.5, 0.6) is 5.75 Å². The van der Waals surface area contributed by atoms with Gasteiger partial charge in [-0.15, -0.1) is 5.10 Å². The van der Waals surface area contributed by atoms with E-state index in [9.17, 15) is 9.90 Å². The Morgan fingerprint density at radius 2 is 2.35 bits per heavy atom. The number of quaternary nitrogens is 2. The molecule has 26 heavy (non-hydrogen) atoms. The molecule has 2 aromatic rings. The lowest BCUT2D eigenvalue weighted by Gasteiger charge is -2.46. The summed E-state index contributed by atoms with van der Waals surface area (Å²) in [5.74, 6) is 0.669. The SMILES string of the molecule is [NH3+]Cc1cn(C[C@H]2C[C@H]3CC[NH+]2C[C@@H]3C(=O)Nc2cccc(O)c2)nn1. The number of carbonyl (C=O) groups is 1. The molecule has 1 aromatic heterocycles. The first kappa shape index (κ1) is 17.0. The summed E-state index contributed by atoms with van der Waals surface area (Å²) in [5, 5.41) is 20.8. The Bertz CT molecular complexity index is 791. The molecule has 1 amide bonds. The van der Waals surface area contributed by atoms with Crippen molar-refractivity contribution in [1.29, 1.82) is 0 Å². The standard InChI is InChI=1S/C18H24N6O2/c19-8-14-9-24(22-21-14)10-15-6-12-4-5-23(15)11-17(12)18(26)20-13-2-1-3-16(25)7-13/h1-3,7,9,12,15,17,25H,4-6,8,10-11,19H2,(H,20,26)/p+2/t12-,15-,17+/m1/s1. The summed E-state index contributed by atoms with van der Waals surface area (Å²) in [6.07, 6.45) is 4.10. The van der Waals surface area contributed by atoms with Gasteiger partial charge in [0.2, 0.25) is 5.91 Å². The maximum absolute atomic E-state index is 12.7. The first-order chi connectivity index (χ1) is 12.6. The average Bonchev–Trinajstić information content (AvgIpc) is 3.10. The van der Waals surface area contributed by atoms with E-state index in [2.05, 4.69) is 21.4 Å². The number of benzene rings is 1. The number of nitrogens with one attached hydrogen (secondary N) is 2. The number of rotatable bonds is 5. The molecule has 0 radical (unpaired) electrons. The molecule has 1 aromatic carbocycles. The zero-order chi connectivity index (χ0) is 18.1. The number of phenolic OH excluding ortho intramolecular Hbond substituents is 1. The fraction of sp³-hybridized carbons (Fsp3) is 0.500. The largest absolute Gasteiger partial charge is 0.508 e. The summed E-state index contributed by atoms with van der Waals surface area (Å²) < 4.78 is 1.92. The summed E-state index contributed by atoms with van der Waals surface area (Å²) in [5.41, 5.74) is 5.41. The Morgan fingerprint density at radius 1 is 1.46 bits per heavy atom. The van der Waals surface area contributed by atoms with Crippen molar-refractivity contribution in [2.24, 2.45) is 11.8 Å². The third-order valence-corrected chi connectivity index (χ3v) is 5.75. The van der Waals surface area contributed by atoms with Crippen molar-refractivity contribution in [3.63, 3.8) is 0 Å². The van der Waals surface area contributed by atoms with E-state index in [1.165, 1.54) is 4.90 Å². The molecular formula is C18H26N6O2+2. The lowest BCUT2D eigenvalue weighted by molar-refractivity contribution is -0.945. The topological polar surface area (TPSA) is 112 Å². The Kier molecular flexibility index (Phi) is 4.60. The number of nitrogens with zero attached hydrogens (tertiary/aromatic N) is 3. The van der Waals surface area contributed by atoms with Crippen molar-refractivity contribution in [3.8, 4) is 5.75 Å². The Balaban J connectivity index is 1.39. The van der Waals surface area contributed by atoms with Gasteiger partial charge in [-0.2, -0.15) is 0 Å². The number of aromatic hydroxyl groups is 1. The van der Waals surface area contributed by atoms with Crippen LogP contribution < -0.4 is 16.0 Å². The molecule has 0 saturated carbocycles. The summed E-state index contributed by atoms with van der Waals surface area (Å²) >= 11 is 0. The zero-order valence-corrected chi connectivity index (χ0v) is 14.8. The Morgan fingerprint density at radius 3 is 3.04 bits per heavy atom. The number of phenols is 1.